The fourth-order valence-electron chi connectivity index (χ4n) is 2.25. The maximum absolute atomic E-state index is 13.6. The quantitative estimate of drug-likeness (QED) is 0.443. The second-order valence-corrected chi connectivity index (χ2v) is 5.87. The number of rotatable bonds is 6. The molecule has 0 bridgehead atoms. The third kappa shape index (κ3) is 4.66. The lowest BCUT2D eigenvalue weighted by Crippen LogP contribution is -2.14. The number of esters is 1. The zero-order chi connectivity index (χ0) is 18.4. The van der Waals surface area contributed by atoms with E-state index in [-0.39, 0.29) is 12.4 Å². The normalized spacial score (nSPS) is 10.9. The number of aliphatic imine (C=N–C) groups is 1. The lowest BCUT2D eigenvalue weighted by Gasteiger charge is -2.12. The second kappa shape index (κ2) is 8.42. The first-order chi connectivity index (χ1) is 11.9. The van der Waals surface area contributed by atoms with Gasteiger partial charge in [0, 0.05) is 19.2 Å². The Morgan fingerprint density at radius 2 is 1.92 bits per heavy atom. The van der Waals surface area contributed by atoms with Crippen LogP contribution in [-0.4, -0.2) is 30.8 Å². The van der Waals surface area contributed by atoms with Gasteiger partial charge in [-0.2, -0.15) is 0 Å². The van der Waals surface area contributed by atoms with Gasteiger partial charge in [0.05, 0.1) is 17.6 Å². The zero-order valence-corrected chi connectivity index (χ0v) is 15.0. The molecular weight excluding hydrogens is 319 g/mol. The number of ether oxygens (including phenoxy) is 1. The molecule has 0 aromatic heterocycles. The number of halogens is 1. The summed E-state index contributed by atoms with van der Waals surface area (Å²) in [5.74, 6) is -0.849. The van der Waals surface area contributed by atoms with Crippen molar-refractivity contribution in [3.8, 4) is 0 Å². The second-order valence-electron chi connectivity index (χ2n) is 5.87. The first kappa shape index (κ1) is 18.6. The highest BCUT2D eigenvalue weighted by molar-refractivity contribution is 5.92. The van der Waals surface area contributed by atoms with Crippen molar-refractivity contribution in [2.24, 2.45) is 4.99 Å². The highest BCUT2D eigenvalue weighted by Gasteiger charge is 2.15. The van der Waals surface area contributed by atoms with Crippen LogP contribution in [0.5, 0.6) is 0 Å². The standard InChI is InChI=1S/C20H23FN2O2/c1-5-23(4)13-22-19-11-10-17(14(2)15(19)3)20(24)25-12-16-8-6-7-9-18(16)21/h6-11,13H,5,12H2,1-4H3/b22-13+. The van der Waals surface area contributed by atoms with Crippen molar-refractivity contribution in [2.75, 3.05) is 13.6 Å². The minimum atomic E-state index is -0.468. The maximum Gasteiger partial charge on any atom is 0.338 e. The van der Waals surface area contributed by atoms with Crippen LogP contribution >= 0.6 is 0 Å². The van der Waals surface area contributed by atoms with Gasteiger partial charge in [-0.1, -0.05) is 18.2 Å². The van der Waals surface area contributed by atoms with Crippen LogP contribution in [0.3, 0.4) is 0 Å². The summed E-state index contributed by atoms with van der Waals surface area (Å²) in [5, 5.41) is 0. The van der Waals surface area contributed by atoms with E-state index in [4.69, 9.17) is 4.74 Å². The molecule has 0 saturated carbocycles. The summed E-state index contributed by atoms with van der Waals surface area (Å²) in [6.07, 6.45) is 1.76. The predicted molar refractivity (Wildman–Crippen MR) is 97.9 cm³/mol. The molecule has 0 aliphatic rings. The Morgan fingerprint density at radius 1 is 1.20 bits per heavy atom. The summed E-state index contributed by atoms with van der Waals surface area (Å²) in [6.45, 7) is 6.59. The smallest absolute Gasteiger partial charge is 0.338 e. The Kier molecular flexibility index (Phi) is 6.28. The van der Waals surface area contributed by atoms with Crippen molar-refractivity contribution in [1.29, 1.82) is 0 Å². The van der Waals surface area contributed by atoms with Gasteiger partial charge in [-0.3, -0.25) is 0 Å². The van der Waals surface area contributed by atoms with Crippen molar-refractivity contribution < 1.29 is 13.9 Å². The number of nitrogens with zero attached hydrogens (tertiary/aromatic N) is 2. The molecule has 0 amide bonds. The molecule has 132 valence electrons. The number of hydrogen-bond acceptors (Lipinski definition) is 3. The van der Waals surface area contributed by atoms with Gasteiger partial charge < -0.3 is 9.64 Å². The molecule has 0 saturated heterocycles. The Bertz CT molecular complexity index is 787. The highest BCUT2D eigenvalue weighted by atomic mass is 19.1. The van der Waals surface area contributed by atoms with Crippen molar-refractivity contribution in [3.63, 3.8) is 0 Å². The molecule has 0 spiro atoms. The molecule has 0 aliphatic heterocycles. The van der Waals surface area contributed by atoms with Crippen LogP contribution < -0.4 is 0 Å². The molecule has 0 atom stereocenters. The predicted octanol–water partition coefficient (Wildman–Crippen LogP) is 4.41. The highest BCUT2D eigenvalue weighted by Crippen LogP contribution is 2.25. The molecule has 2 rings (SSSR count). The van der Waals surface area contributed by atoms with E-state index in [1.165, 1.54) is 6.07 Å². The van der Waals surface area contributed by atoms with E-state index in [9.17, 15) is 9.18 Å². The van der Waals surface area contributed by atoms with Crippen LogP contribution in [0, 0.1) is 19.7 Å². The van der Waals surface area contributed by atoms with Gasteiger partial charge in [-0.25, -0.2) is 14.2 Å². The van der Waals surface area contributed by atoms with Crippen molar-refractivity contribution >= 4 is 18.0 Å². The molecule has 4 nitrogen and oxygen atoms in total. The lowest BCUT2D eigenvalue weighted by atomic mass is 10.0. The summed E-state index contributed by atoms with van der Waals surface area (Å²) < 4.78 is 18.9. The fraction of sp³-hybridized carbons (Fsp3) is 0.300. The largest absolute Gasteiger partial charge is 0.457 e. The molecule has 0 N–H and O–H groups in total. The van der Waals surface area contributed by atoms with E-state index in [1.54, 1.807) is 36.7 Å². The van der Waals surface area contributed by atoms with Gasteiger partial charge >= 0.3 is 5.97 Å². The summed E-state index contributed by atoms with van der Waals surface area (Å²) in [6, 6.07) is 9.75. The minimum Gasteiger partial charge on any atom is -0.457 e. The summed E-state index contributed by atoms with van der Waals surface area (Å²) in [4.78, 5) is 18.7. The number of hydrogen-bond donors (Lipinski definition) is 0. The van der Waals surface area contributed by atoms with Gasteiger partial charge in [-0.15, -0.1) is 0 Å². The SMILES string of the molecule is CCN(C)/C=N/c1ccc(C(=O)OCc2ccccc2F)c(C)c1C. The average Bonchev–Trinajstić information content (AvgIpc) is 2.61. The first-order valence-corrected chi connectivity index (χ1v) is 8.19. The molecular formula is C20H23FN2O2. The van der Waals surface area contributed by atoms with E-state index < -0.39 is 5.97 Å². The topological polar surface area (TPSA) is 41.9 Å². The van der Waals surface area contributed by atoms with Gasteiger partial charge in [0.1, 0.15) is 12.4 Å². The van der Waals surface area contributed by atoms with Crippen molar-refractivity contribution in [2.45, 2.75) is 27.4 Å². The van der Waals surface area contributed by atoms with Gasteiger partial charge in [-0.05, 0) is 50.1 Å². The summed E-state index contributed by atoms with van der Waals surface area (Å²) >= 11 is 0. The Morgan fingerprint density at radius 3 is 2.60 bits per heavy atom. The number of benzene rings is 2. The van der Waals surface area contributed by atoms with Crippen LogP contribution in [0.15, 0.2) is 41.4 Å². The van der Waals surface area contributed by atoms with E-state index in [0.29, 0.717) is 11.1 Å². The van der Waals surface area contributed by atoms with Crippen molar-refractivity contribution in [1.82, 2.24) is 4.90 Å². The van der Waals surface area contributed by atoms with E-state index in [2.05, 4.69) is 4.99 Å². The van der Waals surface area contributed by atoms with E-state index in [0.717, 1.165) is 23.4 Å². The van der Waals surface area contributed by atoms with Crippen LogP contribution in [0.1, 0.15) is 34.0 Å². The van der Waals surface area contributed by atoms with E-state index in [1.807, 2.05) is 32.7 Å². The summed E-state index contributed by atoms with van der Waals surface area (Å²) in [7, 11) is 1.94. The lowest BCUT2D eigenvalue weighted by molar-refractivity contribution is 0.0468. The van der Waals surface area contributed by atoms with Crippen LogP contribution in [0.25, 0.3) is 0 Å². The van der Waals surface area contributed by atoms with Gasteiger partial charge in [0.2, 0.25) is 0 Å². The molecule has 5 heteroatoms. The van der Waals surface area contributed by atoms with Crippen LogP contribution in [0.2, 0.25) is 0 Å². The van der Waals surface area contributed by atoms with Crippen molar-refractivity contribution in [3.05, 3.63) is 64.5 Å². The average molecular weight is 342 g/mol. The minimum absolute atomic E-state index is 0.0921. The Hall–Kier alpha value is -2.69. The molecule has 0 heterocycles. The monoisotopic (exact) mass is 342 g/mol. The van der Waals surface area contributed by atoms with Crippen LogP contribution in [0.4, 0.5) is 10.1 Å². The number of carbonyl (C=O) groups excluding carboxylic acids is 1. The molecule has 2 aromatic rings. The van der Waals surface area contributed by atoms with Gasteiger partial charge in [0.15, 0.2) is 0 Å². The molecule has 0 unspecified atom stereocenters. The first-order valence-electron chi connectivity index (χ1n) is 8.19. The third-order valence-electron chi connectivity index (χ3n) is 4.19. The zero-order valence-electron chi connectivity index (χ0n) is 15.0. The van der Waals surface area contributed by atoms with Crippen LogP contribution in [-0.2, 0) is 11.3 Å². The molecule has 0 radical (unpaired) electrons. The molecule has 2 aromatic carbocycles. The Labute approximate surface area is 148 Å². The summed E-state index contributed by atoms with van der Waals surface area (Å²) in [5.41, 5.74) is 3.36. The number of carbonyl (C=O) groups is 1. The Balaban J connectivity index is 2.14. The molecule has 25 heavy (non-hydrogen) atoms. The third-order valence-corrected chi connectivity index (χ3v) is 4.19. The van der Waals surface area contributed by atoms with Gasteiger partial charge in [0.25, 0.3) is 0 Å². The molecule has 0 fully saturated rings. The molecule has 0 aliphatic carbocycles. The fourth-order valence-corrected chi connectivity index (χ4v) is 2.25. The van der Waals surface area contributed by atoms with E-state index >= 15 is 0 Å². The maximum atomic E-state index is 13.6.